The molecule has 0 aliphatic carbocycles. The van der Waals surface area contributed by atoms with Gasteiger partial charge in [0.1, 0.15) is 6.04 Å². The molecule has 118 valence electrons. The van der Waals surface area contributed by atoms with E-state index in [-0.39, 0.29) is 12.0 Å². The first-order chi connectivity index (χ1) is 10.2. The lowest BCUT2D eigenvalue weighted by Gasteiger charge is -2.23. The number of nitrogens with one attached hydrogen (secondary N) is 1. The van der Waals surface area contributed by atoms with Crippen LogP contribution in [0.4, 0.5) is 0 Å². The highest BCUT2D eigenvalue weighted by Gasteiger charge is 2.22. The molecule has 0 saturated heterocycles. The van der Waals surface area contributed by atoms with Gasteiger partial charge in [0.25, 0.3) is 0 Å². The highest BCUT2D eigenvalue weighted by Crippen LogP contribution is 2.08. The summed E-state index contributed by atoms with van der Waals surface area (Å²) >= 11 is 0. The summed E-state index contributed by atoms with van der Waals surface area (Å²) < 4.78 is 5.41. The Bertz CT molecular complexity index is 387. The van der Waals surface area contributed by atoms with Crippen molar-refractivity contribution in [1.29, 1.82) is 0 Å². The van der Waals surface area contributed by atoms with Crippen molar-refractivity contribution in [2.75, 3.05) is 6.61 Å². The largest absolute Gasteiger partial charge is 0.465 e. The fraction of sp³-hybridized carbons (Fsp3) is 0.611. The van der Waals surface area contributed by atoms with Crippen LogP contribution in [0.1, 0.15) is 52.0 Å². The zero-order chi connectivity index (χ0) is 15.5. The minimum atomic E-state index is -0.255. The highest BCUT2D eigenvalue weighted by molar-refractivity contribution is 5.76. The Balaban J connectivity index is 2.66. The Hall–Kier alpha value is -1.35. The normalized spacial score (nSPS) is 12.4. The standard InChI is InChI=1S/C18H29NO2/c1-4-7-13-21-18(20)17(19-16(5-2)6-3)14-15-11-9-8-10-12-15/h8-12,16-17,19H,4-7,13-14H2,1-3H3. The van der Waals surface area contributed by atoms with Crippen LogP contribution in [-0.2, 0) is 16.0 Å². The number of carbonyl (C=O) groups excluding carboxylic acids is 1. The topological polar surface area (TPSA) is 38.3 Å². The van der Waals surface area contributed by atoms with Crippen LogP contribution in [0.3, 0.4) is 0 Å². The molecule has 0 spiro atoms. The molecular formula is C18H29NO2. The number of ether oxygens (including phenoxy) is 1. The van der Waals surface area contributed by atoms with Crippen LogP contribution in [0.15, 0.2) is 30.3 Å². The van der Waals surface area contributed by atoms with Gasteiger partial charge in [0, 0.05) is 6.04 Å². The second kappa shape index (κ2) is 10.4. The smallest absolute Gasteiger partial charge is 0.323 e. The van der Waals surface area contributed by atoms with E-state index in [1.54, 1.807) is 0 Å². The molecule has 1 rings (SSSR count). The summed E-state index contributed by atoms with van der Waals surface area (Å²) in [6.45, 7) is 6.90. The number of rotatable bonds is 10. The Labute approximate surface area is 129 Å². The summed E-state index contributed by atoms with van der Waals surface area (Å²) in [5, 5.41) is 3.45. The first kappa shape index (κ1) is 17.7. The summed E-state index contributed by atoms with van der Waals surface area (Å²) in [6.07, 6.45) is 4.68. The van der Waals surface area contributed by atoms with E-state index in [1.807, 2.05) is 18.2 Å². The molecule has 1 unspecified atom stereocenters. The van der Waals surface area contributed by atoms with Crippen LogP contribution in [-0.4, -0.2) is 24.7 Å². The molecule has 0 aliphatic rings. The monoisotopic (exact) mass is 291 g/mol. The molecule has 1 aromatic carbocycles. The molecule has 3 nitrogen and oxygen atoms in total. The van der Waals surface area contributed by atoms with Gasteiger partial charge in [0.2, 0.25) is 0 Å². The third-order valence-electron chi connectivity index (χ3n) is 3.73. The maximum absolute atomic E-state index is 12.3. The van der Waals surface area contributed by atoms with Crippen LogP contribution in [0, 0.1) is 0 Å². The fourth-order valence-corrected chi connectivity index (χ4v) is 2.29. The average molecular weight is 291 g/mol. The van der Waals surface area contributed by atoms with Crippen molar-refractivity contribution in [3.05, 3.63) is 35.9 Å². The second-order valence-electron chi connectivity index (χ2n) is 5.44. The molecule has 1 atom stereocenters. The summed E-state index contributed by atoms with van der Waals surface area (Å²) in [5.74, 6) is -0.126. The van der Waals surface area contributed by atoms with E-state index in [2.05, 4.69) is 38.2 Å². The summed E-state index contributed by atoms with van der Waals surface area (Å²) in [5.41, 5.74) is 1.16. The van der Waals surface area contributed by atoms with Crippen LogP contribution >= 0.6 is 0 Å². The number of unbranched alkanes of at least 4 members (excludes halogenated alkanes) is 1. The van der Waals surface area contributed by atoms with E-state index in [4.69, 9.17) is 4.74 Å². The fourth-order valence-electron chi connectivity index (χ4n) is 2.29. The van der Waals surface area contributed by atoms with Crippen LogP contribution in [0.5, 0.6) is 0 Å². The third kappa shape index (κ3) is 6.76. The van der Waals surface area contributed by atoms with Gasteiger partial charge in [-0.25, -0.2) is 0 Å². The van der Waals surface area contributed by atoms with Gasteiger partial charge in [0.05, 0.1) is 6.61 Å². The molecule has 1 N–H and O–H groups in total. The van der Waals surface area contributed by atoms with Gasteiger partial charge in [-0.15, -0.1) is 0 Å². The first-order valence-electron chi connectivity index (χ1n) is 8.17. The Morgan fingerprint density at radius 1 is 1.14 bits per heavy atom. The summed E-state index contributed by atoms with van der Waals surface area (Å²) in [6, 6.07) is 10.2. The van der Waals surface area contributed by atoms with Gasteiger partial charge in [-0.1, -0.05) is 57.5 Å². The third-order valence-corrected chi connectivity index (χ3v) is 3.73. The SMILES string of the molecule is CCCCOC(=O)C(Cc1ccccc1)NC(CC)CC. The van der Waals surface area contributed by atoms with Gasteiger partial charge in [-0.3, -0.25) is 4.79 Å². The minimum Gasteiger partial charge on any atom is -0.465 e. The van der Waals surface area contributed by atoms with E-state index < -0.39 is 0 Å². The van der Waals surface area contributed by atoms with Crippen LogP contribution in [0.25, 0.3) is 0 Å². The van der Waals surface area contributed by atoms with Crippen LogP contribution < -0.4 is 5.32 Å². The van der Waals surface area contributed by atoms with E-state index >= 15 is 0 Å². The molecule has 0 heterocycles. The second-order valence-corrected chi connectivity index (χ2v) is 5.44. The average Bonchev–Trinajstić information content (AvgIpc) is 2.52. The van der Waals surface area contributed by atoms with Gasteiger partial charge >= 0.3 is 5.97 Å². The number of hydrogen-bond donors (Lipinski definition) is 1. The molecule has 1 aromatic rings. The summed E-state index contributed by atoms with van der Waals surface area (Å²) in [4.78, 5) is 12.3. The van der Waals surface area contributed by atoms with E-state index in [0.29, 0.717) is 19.1 Å². The molecule has 3 heteroatoms. The minimum absolute atomic E-state index is 0.126. The predicted octanol–water partition coefficient (Wildman–Crippen LogP) is 3.72. The molecule has 0 aromatic heterocycles. The molecule has 0 fully saturated rings. The number of hydrogen-bond acceptors (Lipinski definition) is 3. The molecule has 0 amide bonds. The van der Waals surface area contributed by atoms with E-state index in [9.17, 15) is 4.79 Å². The molecule has 0 radical (unpaired) electrons. The quantitative estimate of drug-likeness (QED) is 0.527. The molecular weight excluding hydrogens is 262 g/mol. The predicted molar refractivity (Wildman–Crippen MR) is 87.3 cm³/mol. The van der Waals surface area contributed by atoms with Crippen molar-refractivity contribution in [2.24, 2.45) is 0 Å². The number of esters is 1. The van der Waals surface area contributed by atoms with Gasteiger partial charge < -0.3 is 10.1 Å². The number of benzene rings is 1. The van der Waals surface area contributed by atoms with Crippen molar-refractivity contribution in [2.45, 2.75) is 65.0 Å². The number of carbonyl (C=O) groups is 1. The lowest BCUT2D eigenvalue weighted by molar-refractivity contribution is -0.146. The van der Waals surface area contributed by atoms with E-state index in [0.717, 1.165) is 31.2 Å². The van der Waals surface area contributed by atoms with Crippen molar-refractivity contribution in [3.63, 3.8) is 0 Å². The van der Waals surface area contributed by atoms with Crippen LogP contribution in [0.2, 0.25) is 0 Å². The Kier molecular flexibility index (Phi) is 8.76. The lowest BCUT2D eigenvalue weighted by Crippen LogP contribution is -2.45. The maximum Gasteiger partial charge on any atom is 0.323 e. The van der Waals surface area contributed by atoms with Gasteiger partial charge in [-0.2, -0.15) is 0 Å². The Morgan fingerprint density at radius 2 is 1.81 bits per heavy atom. The van der Waals surface area contributed by atoms with Crippen molar-refractivity contribution >= 4 is 5.97 Å². The molecule has 21 heavy (non-hydrogen) atoms. The van der Waals surface area contributed by atoms with Gasteiger partial charge in [-0.05, 0) is 31.2 Å². The van der Waals surface area contributed by atoms with E-state index in [1.165, 1.54) is 0 Å². The molecule has 0 aliphatic heterocycles. The van der Waals surface area contributed by atoms with Gasteiger partial charge in [0.15, 0.2) is 0 Å². The zero-order valence-electron chi connectivity index (χ0n) is 13.6. The molecule has 0 saturated carbocycles. The van der Waals surface area contributed by atoms with Crippen molar-refractivity contribution < 1.29 is 9.53 Å². The first-order valence-corrected chi connectivity index (χ1v) is 8.17. The maximum atomic E-state index is 12.3. The highest BCUT2D eigenvalue weighted by atomic mass is 16.5. The van der Waals surface area contributed by atoms with Crippen molar-refractivity contribution in [1.82, 2.24) is 5.32 Å². The van der Waals surface area contributed by atoms with Crippen molar-refractivity contribution in [3.8, 4) is 0 Å². The summed E-state index contributed by atoms with van der Waals surface area (Å²) in [7, 11) is 0. The Morgan fingerprint density at radius 3 is 2.38 bits per heavy atom. The zero-order valence-corrected chi connectivity index (χ0v) is 13.6. The molecule has 0 bridgehead atoms. The lowest BCUT2D eigenvalue weighted by atomic mass is 10.0.